The van der Waals surface area contributed by atoms with E-state index in [1.54, 1.807) is 50.9 Å². The van der Waals surface area contributed by atoms with E-state index in [-0.39, 0.29) is 85.4 Å². The van der Waals surface area contributed by atoms with Crippen LogP contribution in [0.3, 0.4) is 0 Å². The zero-order chi connectivity index (χ0) is 44.4. The summed E-state index contributed by atoms with van der Waals surface area (Å²) in [6.07, 6.45) is -2.48. The van der Waals surface area contributed by atoms with E-state index in [0.717, 1.165) is 0 Å². The third-order valence-corrected chi connectivity index (χ3v) is 11.9. The van der Waals surface area contributed by atoms with Gasteiger partial charge in [-0.3, -0.25) is 19.2 Å². The molecule has 2 aromatic heterocycles. The van der Waals surface area contributed by atoms with Crippen LogP contribution in [0.2, 0.25) is 0 Å². The van der Waals surface area contributed by atoms with Crippen LogP contribution < -0.4 is 21.3 Å². The van der Waals surface area contributed by atoms with Gasteiger partial charge in [0.2, 0.25) is 23.6 Å². The van der Waals surface area contributed by atoms with Crippen molar-refractivity contribution in [3.05, 3.63) is 48.0 Å². The number of hydrogen-bond donors (Lipinski definition) is 4. The van der Waals surface area contributed by atoms with E-state index in [0.29, 0.717) is 17.5 Å². The first-order chi connectivity index (χ1) is 28.9. The molecule has 61 heavy (non-hydrogen) atoms. The highest BCUT2D eigenvalue weighted by atomic mass is 19.1. The first-order valence-corrected chi connectivity index (χ1v) is 21.1. The minimum Gasteiger partial charge on any atom is -0.343 e. The Hall–Kier alpha value is -5.10. The van der Waals surface area contributed by atoms with E-state index in [4.69, 9.17) is 9.97 Å². The predicted molar refractivity (Wildman–Crippen MR) is 224 cm³/mol. The molecule has 2 aliphatic heterocycles. The third kappa shape index (κ3) is 9.85. The number of nitrogens with zero attached hydrogens (tertiary/aromatic N) is 6. The Morgan fingerprint density at radius 2 is 1.13 bits per heavy atom. The number of amides is 4. The fourth-order valence-electron chi connectivity index (χ4n) is 8.37. The lowest BCUT2D eigenvalue weighted by Crippen LogP contribution is -2.55. The molecule has 4 N–H and O–H groups in total. The van der Waals surface area contributed by atoms with Crippen molar-refractivity contribution < 1.29 is 36.7 Å². The van der Waals surface area contributed by atoms with Crippen molar-refractivity contribution in [3.8, 4) is 11.6 Å². The second-order valence-corrected chi connectivity index (χ2v) is 17.3. The SMILES string of the molecule is CN[C@H](C)C(=O)NC(CC(C)C)C(=O)N1CC(F)C[C@H]1Cn1c(-c2nc3cc(F)ccc3n2C[C@@H]2CC(F)CN2C(=O)[C@H](NC(=O)[C@@H](C)NC)C(C)C)nc2cc(F)ccc21. The highest BCUT2D eigenvalue weighted by molar-refractivity contribution is 5.91. The normalized spacial score (nSPS) is 21.4. The molecule has 0 bridgehead atoms. The number of carbonyl (C=O) groups excluding carboxylic acids is 4. The Bertz CT molecular complexity index is 2250. The second-order valence-electron chi connectivity index (χ2n) is 17.3. The Labute approximate surface area is 353 Å². The van der Waals surface area contributed by atoms with E-state index >= 15 is 8.78 Å². The molecule has 14 nitrogen and oxygen atoms in total. The molecular weight excluding hydrogens is 797 g/mol. The van der Waals surface area contributed by atoms with Crippen molar-refractivity contribution in [2.24, 2.45) is 11.8 Å². The highest BCUT2D eigenvalue weighted by Gasteiger charge is 2.42. The number of rotatable bonds is 16. The highest BCUT2D eigenvalue weighted by Crippen LogP contribution is 2.34. The smallest absolute Gasteiger partial charge is 0.245 e. The van der Waals surface area contributed by atoms with Gasteiger partial charge < -0.3 is 40.2 Å². The van der Waals surface area contributed by atoms with Gasteiger partial charge in [-0.15, -0.1) is 0 Å². The topological polar surface area (TPSA) is 159 Å². The molecule has 8 atom stereocenters. The van der Waals surface area contributed by atoms with Gasteiger partial charge >= 0.3 is 0 Å². The van der Waals surface area contributed by atoms with Crippen molar-refractivity contribution in [1.82, 2.24) is 50.2 Å². The molecule has 4 amide bonds. The molecule has 2 saturated heterocycles. The zero-order valence-corrected chi connectivity index (χ0v) is 36.0. The minimum absolute atomic E-state index is 0.00213. The molecule has 2 aliphatic rings. The zero-order valence-electron chi connectivity index (χ0n) is 36.0. The number of aromatic nitrogens is 4. The number of alkyl halides is 2. The number of hydrogen-bond acceptors (Lipinski definition) is 8. The maximum absolute atomic E-state index is 15.5. The fraction of sp³-hybridized carbons (Fsp3) is 0.581. The van der Waals surface area contributed by atoms with Crippen LogP contribution in [-0.4, -0.2) is 128 Å². The monoisotopic (exact) mass is 854 g/mol. The van der Waals surface area contributed by atoms with Gasteiger partial charge in [0, 0.05) is 38.1 Å². The number of fused-ring (bicyclic) bond motifs is 2. The van der Waals surface area contributed by atoms with Crippen LogP contribution in [0.5, 0.6) is 0 Å². The van der Waals surface area contributed by atoms with Crippen LogP contribution in [0.1, 0.15) is 60.8 Å². The Balaban J connectivity index is 1.41. The molecule has 0 saturated carbocycles. The lowest BCUT2D eigenvalue weighted by atomic mass is 10.0. The van der Waals surface area contributed by atoms with Gasteiger partial charge in [-0.1, -0.05) is 27.7 Å². The number of likely N-dealkylation sites (tertiary alicyclic amines) is 2. The van der Waals surface area contributed by atoms with Crippen LogP contribution in [0.4, 0.5) is 17.6 Å². The summed E-state index contributed by atoms with van der Waals surface area (Å²) < 4.78 is 64.0. The summed E-state index contributed by atoms with van der Waals surface area (Å²) in [4.78, 5) is 66.9. The van der Waals surface area contributed by atoms with E-state index in [2.05, 4.69) is 21.3 Å². The van der Waals surface area contributed by atoms with E-state index < -0.39 is 72.0 Å². The Morgan fingerprint density at radius 3 is 1.56 bits per heavy atom. The summed E-state index contributed by atoms with van der Waals surface area (Å²) in [5.74, 6) is -2.67. The molecule has 0 spiro atoms. The van der Waals surface area contributed by atoms with E-state index in [1.165, 1.54) is 46.2 Å². The third-order valence-electron chi connectivity index (χ3n) is 11.9. The predicted octanol–water partition coefficient (Wildman–Crippen LogP) is 4.10. The van der Waals surface area contributed by atoms with E-state index in [9.17, 15) is 28.0 Å². The molecular formula is C43H58F4N10O4. The molecule has 6 rings (SSSR count). The molecule has 2 aromatic carbocycles. The van der Waals surface area contributed by atoms with Crippen LogP contribution in [0.15, 0.2) is 36.4 Å². The number of benzene rings is 2. The molecule has 4 aromatic rings. The number of likely N-dealkylation sites (N-methyl/N-ethyl adjacent to an activating group) is 2. The number of halogens is 4. The largest absolute Gasteiger partial charge is 0.343 e. The minimum atomic E-state index is -1.37. The van der Waals surface area contributed by atoms with Gasteiger partial charge in [-0.05, 0) is 70.5 Å². The van der Waals surface area contributed by atoms with Crippen molar-refractivity contribution in [1.29, 1.82) is 0 Å². The van der Waals surface area contributed by atoms with Gasteiger partial charge in [0.05, 0.1) is 59.3 Å². The van der Waals surface area contributed by atoms with Crippen LogP contribution >= 0.6 is 0 Å². The van der Waals surface area contributed by atoms with Gasteiger partial charge in [0.15, 0.2) is 11.6 Å². The first kappa shape index (κ1) is 45.4. The summed E-state index contributed by atoms with van der Waals surface area (Å²) in [5, 5.41) is 11.4. The fourth-order valence-corrected chi connectivity index (χ4v) is 8.37. The maximum atomic E-state index is 15.5. The first-order valence-electron chi connectivity index (χ1n) is 21.1. The summed E-state index contributed by atoms with van der Waals surface area (Å²) in [7, 11) is 3.26. The lowest BCUT2D eigenvalue weighted by Gasteiger charge is -2.32. The molecule has 4 heterocycles. The molecule has 0 aliphatic carbocycles. The van der Waals surface area contributed by atoms with Crippen LogP contribution in [-0.2, 0) is 32.3 Å². The summed E-state index contributed by atoms with van der Waals surface area (Å²) in [6, 6.07) is 3.60. The van der Waals surface area contributed by atoms with Crippen molar-refractivity contribution >= 4 is 45.7 Å². The molecule has 332 valence electrons. The summed E-state index contributed by atoms with van der Waals surface area (Å²) in [5.41, 5.74) is 1.40. The molecule has 18 heteroatoms. The van der Waals surface area contributed by atoms with Crippen molar-refractivity contribution in [2.45, 2.75) is 122 Å². The summed E-state index contributed by atoms with van der Waals surface area (Å²) >= 11 is 0. The molecule has 2 fully saturated rings. The average molecular weight is 855 g/mol. The van der Waals surface area contributed by atoms with Gasteiger partial charge in [0.1, 0.15) is 36.1 Å². The standard InChI is InChI=1S/C43H58F4N10O4/c1-22(2)13-34(52-40(58)24(5)48-7)42(60)54-18-28(46)14-30(54)20-56-35-11-9-26(44)16-32(35)50-38(56)39-51-33-17-27(45)10-12-36(33)57(39)21-31-15-29(47)19-55(31)43(61)37(23(3)4)53-41(59)25(6)49-8/h9-12,16-17,22-25,28-31,34,37,48-49H,13-15,18-21H2,1-8H3,(H,52,58)(H,53,59)/t24-,25-,28?,29?,30+,31+,34?,37-/m1/s1. The maximum Gasteiger partial charge on any atom is 0.245 e. The number of carbonyl (C=O) groups is 4. The average Bonchev–Trinajstić information content (AvgIpc) is 3.97. The molecule has 3 unspecified atom stereocenters. The quantitative estimate of drug-likeness (QED) is 0.123. The van der Waals surface area contributed by atoms with Crippen molar-refractivity contribution in [3.63, 3.8) is 0 Å². The Morgan fingerprint density at radius 1 is 0.689 bits per heavy atom. The van der Waals surface area contributed by atoms with Gasteiger partial charge in [0.25, 0.3) is 0 Å². The number of nitrogens with one attached hydrogen (secondary N) is 4. The van der Waals surface area contributed by atoms with E-state index in [1.807, 2.05) is 13.8 Å². The summed E-state index contributed by atoms with van der Waals surface area (Å²) in [6.45, 7) is 10.4. The lowest BCUT2D eigenvalue weighted by molar-refractivity contribution is -0.139. The van der Waals surface area contributed by atoms with Gasteiger partial charge in [-0.2, -0.15) is 0 Å². The number of imidazole rings is 2. The van der Waals surface area contributed by atoms with Crippen molar-refractivity contribution in [2.75, 3.05) is 27.2 Å². The van der Waals surface area contributed by atoms with Crippen LogP contribution in [0, 0.1) is 23.5 Å². The Kier molecular flexibility index (Phi) is 14.1. The van der Waals surface area contributed by atoms with Crippen LogP contribution in [0.25, 0.3) is 33.7 Å². The second kappa shape index (κ2) is 18.9. The van der Waals surface area contributed by atoms with Gasteiger partial charge in [-0.25, -0.2) is 27.5 Å². The molecule has 0 radical (unpaired) electrons.